The van der Waals surface area contributed by atoms with Crippen LogP contribution in [0.1, 0.15) is 11.6 Å². The Balaban J connectivity index is 3.20. The first-order valence-corrected chi connectivity index (χ1v) is 4.43. The van der Waals surface area contributed by atoms with Gasteiger partial charge in [0.2, 0.25) is 0 Å². The Hall–Kier alpha value is -0.780. The molecule has 0 aromatic heterocycles. The fraction of sp³-hybridized carbons (Fsp3) is 0.250. The van der Waals surface area contributed by atoms with Gasteiger partial charge in [0, 0.05) is 10.0 Å². The summed E-state index contributed by atoms with van der Waals surface area (Å²) < 4.78 is 0.599. The zero-order valence-electron chi connectivity index (χ0n) is 6.74. The molecule has 5 heteroatoms. The van der Waals surface area contributed by atoms with E-state index in [2.05, 4.69) is 15.9 Å². The second-order valence-electron chi connectivity index (χ2n) is 2.65. The van der Waals surface area contributed by atoms with E-state index in [-0.39, 0.29) is 18.1 Å². The number of phenolic OH excluding ortho intramolecular Hbond substituents is 2. The van der Waals surface area contributed by atoms with Crippen molar-refractivity contribution in [2.45, 2.75) is 6.04 Å². The Labute approximate surface area is 83.8 Å². The average molecular weight is 248 g/mol. The lowest BCUT2D eigenvalue weighted by atomic mass is 10.1. The van der Waals surface area contributed by atoms with Crippen molar-refractivity contribution in [3.8, 4) is 11.5 Å². The van der Waals surface area contributed by atoms with Crippen LogP contribution in [0.5, 0.6) is 11.5 Å². The van der Waals surface area contributed by atoms with Crippen LogP contribution in [0.4, 0.5) is 0 Å². The number of aliphatic hydroxyl groups excluding tert-OH is 1. The van der Waals surface area contributed by atoms with Crippen molar-refractivity contribution in [2.75, 3.05) is 6.61 Å². The highest BCUT2D eigenvalue weighted by atomic mass is 79.9. The normalized spacial score (nSPS) is 12.8. The maximum Gasteiger partial charge on any atom is 0.162 e. The van der Waals surface area contributed by atoms with Gasteiger partial charge >= 0.3 is 0 Å². The molecule has 5 N–H and O–H groups in total. The molecule has 0 bridgehead atoms. The minimum absolute atomic E-state index is 0.256. The van der Waals surface area contributed by atoms with Crippen molar-refractivity contribution in [2.24, 2.45) is 5.73 Å². The number of benzene rings is 1. The summed E-state index contributed by atoms with van der Waals surface area (Å²) in [5, 5.41) is 27.3. The van der Waals surface area contributed by atoms with Crippen molar-refractivity contribution >= 4 is 15.9 Å². The molecule has 1 atom stereocenters. The lowest BCUT2D eigenvalue weighted by molar-refractivity contribution is 0.264. The summed E-state index contributed by atoms with van der Waals surface area (Å²) >= 11 is 3.14. The molecule has 0 aliphatic rings. The van der Waals surface area contributed by atoms with Crippen LogP contribution in [0.25, 0.3) is 0 Å². The SMILES string of the molecule is NC(CO)c1cc(Br)cc(O)c1O. The minimum atomic E-state index is -0.691. The molecule has 13 heavy (non-hydrogen) atoms. The smallest absolute Gasteiger partial charge is 0.162 e. The monoisotopic (exact) mass is 247 g/mol. The summed E-state index contributed by atoms with van der Waals surface area (Å²) in [4.78, 5) is 0. The molecule has 0 aliphatic heterocycles. The molecule has 0 heterocycles. The molecule has 0 radical (unpaired) electrons. The highest BCUT2D eigenvalue weighted by Crippen LogP contribution is 2.35. The van der Waals surface area contributed by atoms with Gasteiger partial charge in [0.1, 0.15) is 0 Å². The number of halogens is 1. The Morgan fingerprint density at radius 1 is 1.38 bits per heavy atom. The molecule has 1 unspecified atom stereocenters. The predicted molar refractivity (Wildman–Crippen MR) is 51.5 cm³/mol. The van der Waals surface area contributed by atoms with Crippen LogP contribution in [0.15, 0.2) is 16.6 Å². The number of hydrogen-bond acceptors (Lipinski definition) is 4. The summed E-state index contributed by atoms with van der Waals surface area (Å²) in [7, 11) is 0. The maximum absolute atomic E-state index is 9.36. The van der Waals surface area contributed by atoms with Crippen LogP contribution < -0.4 is 5.73 Å². The molecule has 1 aromatic rings. The summed E-state index contributed by atoms with van der Waals surface area (Å²) in [5.74, 6) is -0.543. The van der Waals surface area contributed by atoms with Gasteiger partial charge in [-0.05, 0) is 12.1 Å². The van der Waals surface area contributed by atoms with E-state index in [0.29, 0.717) is 10.0 Å². The molecular weight excluding hydrogens is 238 g/mol. The van der Waals surface area contributed by atoms with Crippen LogP contribution >= 0.6 is 15.9 Å². The third-order valence-corrected chi connectivity index (χ3v) is 2.14. The van der Waals surface area contributed by atoms with E-state index in [1.807, 2.05) is 0 Å². The van der Waals surface area contributed by atoms with Crippen molar-refractivity contribution in [3.05, 3.63) is 22.2 Å². The number of aromatic hydroxyl groups is 2. The quantitative estimate of drug-likeness (QED) is 0.584. The molecule has 1 aromatic carbocycles. The number of hydrogen-bond donors (Lipinski definition) is 4. The third kappa shape index (κ3) is 2.12. The molecule has 0 fully saturated rings. The number of aliphatic hydroxyl groups is 1. The first-order valence-electron chi connectivity index (χ1n) is 3.64. The van der Waals surface area contributed by atoms with Gasteiger partial charge in [-0.15, -0.1) is 0 Å². The van der Waals surface area contributed by atoms with Gasteiger partial charge < -0.3 is 21.1 Å². The second kappa shape index (κ2) is 3.95. The van der Waals surface area contributed by atoms with Crippen molar-refractivity contribution in [1.82, 2.24) is 0 Å². The van der Waals surface area contributed by atoms with Crippen LogP contribution in [0, 0.1) is 0 Å². The highest BCUT2D eigenvalue weighted by Gasteiger charge is 2.13. The lowest BCUT2D eigenvalue weighted by Crippen LogP contribution is -2.14. The molecule has 4 nitrogen and oxygen atoms in total. The predicted octanol–water partition coefficient (Wildman–Crippen LogP) is 0.852. The van der Waals surface area contributed by atoms with Gasteiger partial charge in [-0.1, -0.05) is 15.9 Å². The zero-order chi connectivity index (χ0) is 10.0. The fourth-order valence-corrected chi connectivity index (χ4v) is 1.45. The Kier molecular flexibility index (Phi) is 3.13. The van der Waals surface area contributed by atoms with E-state index >= 15 is 0 Å². The van der Waals surface area contributed by atoms with Gasteiger partial charge in [0.25, 0.3) is 0 Å². The van der Waals surface area contributed by atoms with Crippen LogP contribution in [0.2, 0.25) is 0 Å². The molecule has 0 saturated carbocycles. The first kappa shape index (κ1) is 10.3. The van der Waals surface area contributed by atoms with Gasteiger partial charge in [-0.2, -0.15) is 0 Å². The molecule has 1 rings (SSSR count). The highest BCUT2D eigenvalue weighted by molar-refractivity contribution is 9.10. The second-order valence-corrected chi connectivity index (χ2v) is 3.57. The zero-order valence-corrected chi connectivity index (χ0v) is 8.32. The van der Waals surface area contributed by atoms with Gasteiger partial charge in [0.05, 0.1) is 12.6 Å². The number of rotatable bonds is 2. The standard InChI is InChI=1S/C8H10BrNO3/c9-4-1-5(6(10)3-11)8(13)7(12)2-4/h1-2,6,11-13H,3,10H2. The summed E-state index contributed by atoms with van der Waals surface area (Å²) in [6, 6.07) is 2.21. The lowest BCUT2D eigenvalue weighted by Gasteiger charge is -2.11. The molecule has 0 aliphatic carbocycles. The van der Waals surface area contributed by atoms with E-state index < -0.39 is 6.04 Å². The van der Waals surface area contributed by atoms with Gasteiger partial charge in [0.15, 0.2) is 11.5 Å². The van der Waals surface area contributed by atoms with Crippen LogP contribution in [0.3, 0.4) is 0 Å². The topological polar surface area (TPSA) is 86.7 Å². The third-order valence-electron chi connectivity index (χ3n) is 1.68. The summed E-state index contributed by atoms with van der Waals surface area (Å²) in [6.07, 6.45) is 0. The molecular formula is C8H10BrNO3. The van der Waals surface area contributed by atoms with Crippen LogP contribution in [-0.2, 0) is 0 Å². The largest absolute Gasteiger partial charge is 0.504 e. The van der Waals surface area contributed by atoms with Crippen LogP contribution in [-0.4, -0.2) is 21.9 Å². The average Bonchev–Trinajstić information content (AvgIpc) is 2.10. The van der Waals surface area contributed by atoms with Gasteiger partial charge in [-0.25, -0.2) is 0 Å². The van der Waals surface area contributed by atoms with E-state index in [1.54, 1.807) is 6.07 Å². The first-order chi connectivity index (χ1) is 6.06. The number of phenols is 2. The molecule has 0 saturated heterocycles. The Bertz CT molecular complexity index is 317. The van der Waals surface area contributed by atoms with E-state index in [9.17, 15) is 10.2 Å². The number of nitrogens with two attached hydrogens (primary N) is 1. The molecule has 0 spiro atoms. The van der Waals surface area contributed by atoms with E-state index in [1.165, 1.54) is 6.07 Å². The fourth-order valence-electron chi connectivity index (χ4n) is 0.986. The maximum atomic E-state index is 9.36. The summed E-state index contributed by atoms with van der Waals surface area (Å²) in [5.41, 5.74) is 5.81. The Morgan fingerprint density at radius 3 is 2.54 bits per heavy atom. The summed E-state index contributed by atoms with van der Waals surface area (Å²) in [6.45, 7) is -0.288. The van der Waals surface area contributed by atoms with E-state index in [4.69, 9.17) is 10.8 Å². The minimum Gasteiger partial charge on any atom is -0.504 e. The molecule has 0 amide bonds. The van der Waals surface area contributed by atoms with Gasteiger partial charge in [-0.3, -0.25) is 0 Å². The van der Waals surface area contributed by atoms with E-state index in [0.717, 1.165) is 0 Å². The van der Waals surface area contributed by atoms with Crippen molar-refractivity contribution in [3.63, 3.8) is 0 Å². The van der Waals surface area contributed by atoms with Crippen molar-refractivity contribution < 1.29 is 15.3 Å². The van der Waals surface area contributed by atoms with Crippen molar-refractivity contribution in [1.29, 1.82) is 0 Å². The Morgan fingerprint density at radius 2 is 2.00 bits per heavy atom. The molecule has 72 valence electrons.